The number of rotatable bonds is 3. The Morgan fingerprint density at radius 1 is 0.885 bits per heavy atom. The van der Waals surface area contributed by atoms with Crippen LogP contribution in [0.1, 0.15) is 6.92 Å². The predicted octanol–water partition coefficient (Wildman–Crippen LogP) is 5.73. The number of fused-ring (bicyclic) bond motifs is 2. The van der Waals surface area contributed by atoms with Crippen molar-refractivity contribution in [3.05, 3.63) is 84.9 Å². The lowest BCUT2D eigenvalue weighted by Gasteiger charge is -2.18. The Labute approximate surface area is 160 Å². The van der Waals surface area contributed by atoms with Crippen molar-refractivity contribution in [1.29, 1.82) is 0 Å². The fraction of sp³-hybridized carbons (Fsp3) is 0.0455. The molecule has 4 rings (SSSR count). The van der Waals surface area contributed by atoms with Crippen LogP contribution < -0.4 is 4.74 Å². The molecule has 128 valence electrons. The van der Waals surface area contributed by atoms with E-state index >= 15 is 0 Å². The predicted molar refractivity (Wildman–Crippen MR) is 106 cm³/mol. The van der Waals surface area contributed by atoms with E-state index in [1.807, 2.05) is 36.0 Å². The maximum absolute atomic E-state index is 11.7. The summed E-state index contributed by atoms with van der Waals surface area (Å²) in [6.45, 7) is 5.26. The summed E-state index contributed by atoms with van der Waals surface area (Å²) in [6.07, 6.45) is 0. The van der Waals surface area contributed by atoms with Crippen LogP contribution in [0.4, 0.5) is 0 Å². The Morgan fingerprint density at radius 3 is 1.96 bits per heavy atom. The number of benzene rings is 3. The van der Waals surface area contributed by atoms with Crippen molar-refractivity contribution in [1.82, 2.24) is 0 Å². The maximum atomic E-state index is 11.7. The third-order valence-electron chi connectivity index (χ3n) is 3.98. The highest BCUT2D eigenvalue weighted by atomic mass is 32.2. The van der Waals surface area contributed by atoms with E-state index in [4.69, 9.17) is 4.74 Å². The SMILES string of the molecule is C=C(C)C(=O)Oc1ccc([S+]2c3ccccc3Sc3ccccc32)cc1. The summed E-state index contributed by atoms with van der Waals surface area (Å²) >= 11 is 1.82. The number of carbonyl (C=O) groups excluding carboxylic acids is 1. The van der Waals surface area contributed by atoms with Crippen LogP contribution in [0.2, 0.25) is 0 Å². The molecule has 0 saturated carbocycles. The van der Waals surface area contributed by atoms with E-state index in [0.717, 1.165) is 0 Å². The first kappa shape index (κ1) is 17.0. The highest BCUT2D eigenvalue weighted by Crippen LogP contribution is 2.48. The largest absolute Gasteiger partial charge is 0.423 e. The second kappa shape index (κ2) is 7.06. The molecule has 0 N–H and O–H groups in total. The zero-order valence-electron chi connectivity index (χ0n) is 14.3. The van der Waals surface area contributed by atoms with Crippen molar-refractivity contribution in [2.75, 3.05) is 0 Å². The van der Waals surface area contributed by atoms with Crippen molar-refractivity contribution in [2.24, 2.45) is 0 Å². The minimum absolute atomic E-state index is 0.167. The minimum Gasteiger partial charge on any atom is -0.423 e. The zero-order chi connectivity index (χ0) is 18.1. The summed E-state index contributed by atoms with van der Waals surface area (Å²) in [5.74, 6) is 0.142. The minimum atomic E-state index is -0.398. The number of carbonyl (C=O) groups is 1. The standard InChI is InChI=1S/C22H17O2S2/c1-15(2)22(23)24-16-11-13-17(14-12-16)26-20-9-5-3-7-18(20)25-19-8-4-6-10-21(19)26/h3-14H,1H2,2H3/q+1. The van der Waals surface area contributed by atoms with Crippen LogP contribution in [0.15, 0.2) is 109 Å². The molecule has 26 heavy (non-hydrogen) atoms. The van der Waals surface area contributed by atoms with Gasteiger partial charge in [0, 0.05) is 5.57 Å². The molecule has 0 unspecified atom stereocenters. The molecule has 0 amide bonds. The van der Waals surface area contributed by atoms with Gasteiger partial charge >= 0.3 is 5.97 Å². The van der Waals surface area contributed by atoms with Gasteiger partial charge in [-0.05, 0) is 55.5 Å². The quantitative estimate of drug-likeness (QED) is 0.197. The monoisotopic (exact) mass is 377 g/mol. The fourth-order valence-corrected chi connectivity index (χ4v) is 6.47. The van der Waals surface area contributed by atoms with Crippen LogP contribution in [-0.4, -0.2) is 5.97 Å². The van der Waals surface area contributed by atoms with Crippen LogP contribution in [0.25, 0.3) is 0 Å². The van der Waals surface area contributed by atoms with Crippen molar-refractivity contribution < 1.29 is 9.53 Å². The molecule has 0 spiro atoms. The molecule has 0 atom stereocenters. The first-order chi connectivity index (χ1) is 12.6. The molecule has 3 aromatic carbocycles. The summed E-state index contributed by atoms with van der Waals surface area (Å²) < 4.78 is 5.32. The first-order valence-corrected chi connectivity index (χ1v) is 10.3. The van der Waals surface area contributed by atoms with Gasteiger partial charge in [-0.25, -0.2) is 4.79 Å². The highest BCUT2D eigenvalue weighted by Gasteiger charge is 2.37. The number of esters is 1. The van der Waals surface area contributed by atoms with Crippen LogP contribution >= 0.6 is 11.8 Å². The van der Waals surface area contributed by atoms with Gasteiger partial charge in [0.2, 0.25) is 0 Å². The Hall–Kier alpha value is -2.43. The highest BCUT2D eigenvalue weighted by molar-refractivity contribution is 8.04. The Morgan fingerprint density at radius 2 is 1.42 bits per heavy atom. The average molecular weight is 378 g/mol. The molecule has 3 aromatic rings. The Kier molecular flexibility index (Phi) is 4.62. The second-order valence-corrected chi connectivity index (χ2v) is 8.99. The van der Waals surface area contributed by atoms with Crippen LogP contribution in [0.5, 0.6) is 5.75 Å². The van der Waals surface area contributed by atoms with Gasteiger partial charge in [0.05, 0.1) is 9.79 Å². The van der Waals surface area contributed by atoms with Crippen molar-refractivity contribution in [2.45, 2.75) is 31.4 Å². The summed E-state index contributed by atoms with van der Waals surface area (Å²) in [6, 6.07) is 24.9. The normalized spacial score (nSPS) is 12.8. The van der Waals surface area contributed by atoms with E-state index in [-0.39, 0.29) is 10.9 Å². The molecular formula is C22H17O2S2+. The van der Waals surface area contributed by atoms with Crippen molar-refractivity contribution >= 4 is 28.6 Å². The molecule has 0 fully saturated rings. The molecule has 0 radical (unpaired) electrons. The third-order valence-corrected chi connectivity index (χ3v) is 7.72. The third kappa shape index (κ3) is 3.18. The van der Waals surface area contributed by atoms with Crippen molar-refractivity contribution in [3.63, 3.8) is 0 Å². The fourth-order valence-electron chi connectivity index (χ4n) is 2.74. The zero-order valence-corrected chi connectivity index (χ0v) is 15.9. The van der Waals surface area contributed by atoms with E-state index in [1.54, 1.807) is 6.92 Å². The molecule has 2 nitrogen and oxygen atoms in total. The number of hydrogen-bond donors (Lipinski definition) is 0. The van der Waals surface area contributed by atoms with Crippen LogP contribution in [0.3, 0.4) is 0 Å². The second-order valence-electron chi connectivity index (χ2n) is 5.94. The molecule has 1 heterocycles. The van der Waals surface area contributed by atoms with Gasteiger partial charge in [-0.1, -0.05) is 42.6 Å². The maximum Gasteiger partial charge on any atom is 0.338 e. The van der Waals surface area contributed by atoms with Crippen LogP contribution in [0, 0.1) is 0 Å². The van der Waals surface area contributed by atoms with E-state index in [2.05, 4.69) is 55.1 Å². The average Bonchev–Trinajstić information content (AvgIpc) is 2.66. The summed E-state index contributed by atoms with van der Waals surface area (Å²) in [4.78, 5) is 18.2. The Bertz CT molecular complexity index is 948. The number of ether oxygens (including phenoxy) is 1. The molecule has 0 aromatic heterocycles. The number of hydrogen-bond acceptors (Lipinski definition) is 3. The van der Waals surface area contributed by atoms with E-state index in [9.17, 15) is 4.79 Å². The molecule has 0 saturated heterocycles. The van der Waals surface area contributed by atoms with E-state index < -0.39 is 5.97 Å². The van der Waals surface area contributed by atoms with Gasteiger partial charge in [0.1, 0.15) is 16.6 Å². The van der Waals surface area contributed by atoms with Gasteiger partial charge in [-0.15, -0.1) is 0 Å². The first-order valence-electron chi connectivity index (χ1n) is 8.21. The van der Waals surface area contributed by atoms with Gasteiger partial charge in [-0.2, -0.15) is 0 Å². The van der Waals surface area contributed by atoms with Crippen molar-refractivity contribution in [3.8, 4) is 5.75 Å². The van der Waals surface area contributed by atoms with Gasteiger partial charge in [0.15, 0.2) is 14.7 Å². The lowest BCUT2D eigenvalue weighted by Crippen LogP contribution is -2.11. The Balaban J connectivity index is 1.74. The van der Waals surface area contributed by atoms with Gasteiger partial charge in [-0.3, -0.25) is 0 Å². The molecular weight excluding hydrogens is 360 g/mol. The summed E-state index contributed by atoms with van der Waals surface area (Å²) in [7, 11) is -0.167. The molecule has 0 bridgehead atoms. The lowest BCUT2D eigenvalue weighted by molar-refractivity contribution is -0.130. The lowest BCUT2D eigenvalue weighted by atomic mass is 10.3. The molecule has 1 aliphatic rings. The summed E-state index contributed by atoms with van der Waals surface area (Å²) in [5, 5.41) is 0. The van der Waals surface area contributed by atoms with Gasteiger partial charge in [0.25, 0.3) is 0 Å². The van der Waals surface area contributed by atoms with Crippen LogP contribution in [-0.2, 0) is 15.7 Å². The molecule has 0 aliphatic carbocycles. The van der Waals surface area contributed by atoms with Gasteiger partial charge < -0.3 is 4.74 Å². The van der Waals surface area contributed by atoms with E-state index in [1.165, 1.54) is 24.5 Å². The molecule has 1 aliphatic heterocycles. The summed E-state index contributed by atoms with van der Waals surface area (Å²) in [5.41, 5.74) is 0.392. The topological polar surface area (TPSA) is 26.3 Å². The smallest absolute Gasteiger partial charge is 0.338 e. The van der Waals surface area contributed by atoms with E-state index in [0.29, 0.717) is 11.3 Å². The molecule has 4 heteroatoms.